The molecule has 4 atom stereocenters. The number of β-lactam (4-membered cyclic amide) rings is 1. The highest BCUT2D eigenvalue weighted by Crippen LogP contribution is 2.53. The molecule has 216 valence electrons. The second kappa shape index (κ2) is 13.7. The standard InChI is InChI=1S/C26H35Cl3N2O4S3Si/c1-15(2)20(23(33)34-14-26(27,28)29)31-21(32)19(16(25(3,4)5)12-13-35-39(6)7)22(31)37-38-24-30-17-10-8-9-11-18(17)36-24/h8-11,16,19-20,22,39H,1,12-14H2,2-7H3/t16?,19-,20?,22-/m1/s1. The average molecular weight is 670 g/mol. The number of aromatic nitrogens is 1. The number of carbonyl (C=O) groups excluding carboxylic acids is 2. The Morgan fingerprint density at radius 3 is 2.49 bits per heavy atom. The zero-order chi connectivity index (χ0) is 29.1. The first-order valence-electron chi connectivity index (χ1n) is 12.6. The van der Waals surface area contributed by atoms with Crippen LogP contribution < -0.4 is 0 Å². The van der Waals surface area contributed by atoms with E-state index in [1.54, 1.807) is 23.2 Å². The van der Waals surface area contributed by atoms with E-state index < -0.39 is 31.5 Å². The third-order valence-electron chi connectivity index (χ3n) is 6.39. The molecular weight excluding hydrogens is 635 g/mol. The Morgan fingerprint density at radius 1 is 1.26 bits per heavy atom. The van der Waals surface area contributed by atoms with Gasteiger partial charge in [-0.05, 0) is 66.3 Å². The van der Waals surface area contributed by atoms with Crippen LogP contribution in [0.4, 0.5) is 0 Å². The summed E-state index contributed by atoms with van der Waals surface area (Å²) in [5.74, 6) is -1.07. The summed E-state index contributed by atoms with van der Waals surface area (Å²) in [5, 5.41) is -0.322. The molecule has 1 fully saturated rings. The molecule has 1 saturated heterocycles. The van der Waals surface area contributed by atoms with Gasteiger partial charge in [-0.25, -0.2) is 9.78 Å². The van der Waals surface area contributed by atoms with Crippen molar-refractivity contribution in [2.24, 2.45) is 17.3 Å². The van der Waals surface area contributed by atoms with Crippen molar-refractivity contribution in [3.8, 4) is 0 Å². The predicted octanol–water partition coefficient (Wildman–Crippen LogP) is 7.73. The van der Waals surface area contributed by atoms with Crippen molar-refractivity contribution in [3.05, 3.63) is 36.4 Å². The summed E-state index contributed by atoms with van der Waals surface area (Å²) < 4.78 is 11.5. The van der Waals surface area contributed by atoms with Gasteiger partial charge in [0.2, 0.25) is 9.70 Å². The van der Waals surface area contributed by atoms with Gasteiger partial charge >= 0.3 is 5.97 Å². The number of likely N-dealkylation sites (tertiary alicyclic amines) is 1. The highest BCUT2D eigenvalue weighted by atomic mass is 35.6. The molecule has 39 heavy (non-hydrogen) atoms. The maximum absolute atomic E-state index is 13.9. The van der Waals surface area contributed by atoms with Crippen molar-refractivity contribution in [1.82, 2.24) is 9.88 Å². The lowest BCUT2D eigenvalue weighted by molar-refractivity contribution is -0.170. The molecule has 1 aliphatic heterocycles. The van der Waals surface area contributed by atoms with Crippen LogP contribution in [0.2, 0.25) is 13.1 Å². The molecule has 0 bridgehead atoms. The molecule has 0 N–H and O–H groups in total. The van der Waals surface area contributed by atoms with E-state index >= 15 is 0 Å². The van der Waals surface area contributed by atoms with Gasteiger partial charge < -0.3 is 14.1 Å². The zero-order valence-electron chi connectivity index (χ0n) is 22.9. The van der Waals surface area contributed by atoms with Crippen molar-refractivity contribution in [1.29, 1.82) is 0 Å². The van der Waals surface area contributed by atoms with E-state index in [9.17, 15) is 9.59 Å². The quantitative estimate of drug-likeness (QED) is 0.0572. The third-order valence-corrected chi connectivity index (χ3v) is 11.7. The van der Waals surface area contributed by atoms with E-state index in [0.717, 1.165) is 21.0 Å². The minimum absolute atomic E-state index is 0.0328. The topological polar surface area (TPSA) is 68.7 Å². The molecule has 1 aromatic heterocycles. The van der Waals surface area contributed by atoms with Gasteiger partial charge in [0.15, 0.2) is 19.4 Å². The molecule has 0 saturated carbocycles. The fraction of sp³-hybridized carbons (Fsp3) is 0.577. The molecule has 6 nitrogen and oxygen atoms in total. The van der Waals surface area contributed by atoms with Crippen molar-refractivity contribution in [2.45, 2.75) is 66.8 Å². The number of halogens is 3. The van der Waals surface area contributed by atoms with Crippen LogP contribution in [0.1, 0.15) is 34.1 Å². The van der Waals surface area contributed by atoms with E-state index in [2.05, 4.69) is 40.4 Å². The number of hydrogen-bond donors (Lipinski definition) is 0. The molecule has 1 amide bonds. The SMILES string of the molecule is C=C(C)C(C(=O)OCC(Cl)(Cl)Cl)N1C(=O)[C@@H](C(CCO[SiH](C)C)C(C)(C)C)[C@H]1SSc1nc2ccccc2s1. The molecule has 2 unspecified atom stereocenters. The molecule has 0 spiro atoms. The second-order valence-electron chi connectivity index (χ2n) is 10.9. The molecule has 0 radical (unpaired) electrons. The Kier molecular flexibility index (Phi) is 11.6. The molecule has 1 aliphatic rings. The zero-order valence-corrected chi connectivity index (χ0v) is 28.8. The third kappa shape index (κ3) is 8.77. The van der Waals surface area contributed by atoms with Gasteiger partial charge in [-0.3, -0.25) is 4.79 Å². The van der Waals surface area contributed by atoms with Crippen LogP contribution in [-0.4, -0.2) is 59.2 Å². The summed E-state index contributed by atoms with van der Waals surface area (Å²) in [5.41, 5.74) is 1.25. The molecule has 1 aromatic carbocycles. The molecule has 0 aliphatic carbocycles. The van der Waals surface area contributed by atoms with E-state index in [1.165, 1.54) is 21.6 Å². The highest BCUT2D eigenvalue weighted by Gasteiger charge is 2.57. The Labute approximate surface area is 259 Å². The lowest BCUT2D eigenvalue weighted by Gasteiger charge is -2.54. The number of thiazole rings is 1. The van der Waals surface area contributed by atoms with Crippen molar-refractivity contribution < 1.29 is 18.8 Å². The van der Waals surface area contributed by atoms with Crippen LogP contribution in [0.25, 0.3) is 10.2 Å². The number of benzene rings is 1. The van der Waals surface area contributed by atoms with Crippen LogP contribution in [0.15, 0.2) is 40.8 Å². The predicted molar refractivity (Wildman–Crippen MR) is 169 cm³/mol. The smallest absolute Gasteiger partial charge is 0.333 e. The number of carbonyl (C=O) groups is 2. The average Bonchev–Trinajstić information content (AvgIpc) is 3.23. The van der Waals surface area contributed by atoms with Crippen LogP contribution >= 0.6 is 67.7 Å². The summed E-state index contributed by atoms with van der Waals surface area (Å²) in [6.07, 6.45) is 0.747. The molecule has 13 heteroatoms. The van der Waals surface area contributed by atoms with Crippen molar-refractivity contribution in [2.75, 3.05) is 13.2 Å². The number of esters is 1. The fourth-order valence-electron chi connectivity index (χ4n) is 4.60. The summed E-state index contributed by atoms with van der Waals surface area (Å²) in [7, 11) is 1.85. The van der Waals surface area contributed by atoms with Gasteiger partial charge in [-0.15, -0.1) is 11.3 Å². The van der Waals surface area contributed by atoms with E-state index in [0.29, 0.717) is 12.2 Å². The Balaban J connectivity index is 1.91. The maximum atomic E-state index is 13.9. The van der Waals surface area contributed by atoms with Crippen LogP contribution in [-0.2, 0) is 18.8 Å². The number of fused-ring (bicyclic) bond motifs is 1. The normalized spacial score (nSPS) is 19.7. The molecular formula is C26H35Cl3N2O4S3Si. The van der Waals surface area contributed by atoms with Gasteiger partial charge in [-0.1, -0.05) is 85.1 Å². The highest BCUT2D eigenvalue weighted by molar-refractivity contribution is 8.77. The number of hydrogen-bond acceptors (Lipinski definition) is 8. The van der Waals surface area contributed by atoms with Crippen molar-refractivity contribution in [3.63, 3.8) is 0 Å². The largest absolute Gasteiger partial charge is 0.459 e. The van der Waals surface area contributed by atoms with E-state index in [1.807, 2.05) is 24.3 Å². The summed E-state index contributed by atoms with van der Waals surface area (Å²) in [4.78, 5) is 33.4. The molecule has 2 heterocycles. The summed E-state index contributed by atoms with van der Waals surface area (Å²) >= 11 is 19.0. The number of para-hydroxylation sites is 1. The van der Waals surface area contributed by atoms with E-state index in [-0.39, 0.29) is 28.5 Å². The van der Waals surface area contributed by atoms with Gasteiger partial charge in [0.25, 0.3) is 0 Å². The Bertz CT molecular complexity index is 1150. The van der Waals surface area contributed by atoms with E-state index in [4.69, 9.17) is 48.9 Å². The number of amides is 1. The minimum atomic E-state index is -1.76. The lowest BCUT2D eigenvalue weighted by atomic mass is 9.68. The molecule has 3 rings (SSSR count). The summed E-state index contributed by atoms with van der Waals surface area (Å²) in [6.45, 7) is 16.6. The van der Waals surface area contributed by atoms with Gasteiger partial charge in [0.05, 0.1) is 16.1 Å². The maximum Gasteiger partial charge on any atom is 0.333 e. The van der Waals surface area contributed by atoms with Gasteiger partial charge in [0.1, 0.15) is 12.0 Å². The monoisotopic (exact) mass is 668 g/mol. The van der Waals surface area contributed by atoms with Crippen molar-refractivity contribution >= 4 is 98.9 Å². The number of alkyl halides is 3. The number of ether oxygens (including phenoxy) is 1. The summed E-state index contributed by atoms with van der Waals surface area (Å²) in [6, 6.07) is 6.97. The minimum Gasteiger partial charge on any atom is -0.459 e. The Hall–Kier alpha value is -0.463. The van der Waals surface area contributed by atoms with Crippen LogP contribution in [0.3, 0.4) is 0 Å². The molecule has 2 aromatic rings. The number of rotatable bonds is 12. The first-order valence-corrected chi connectivity index (χ1v) is 19.6. The van der Waals surface area contributed by atoms with Crippen LogP contribution in [0, 0.1) is 17.3 Å². The first-order chi connectivity index (χ1) is 18.1. The van der Waals surface area contributed by atoms with Gasteiger partial charge in [0, 0.05) is 6.61 Å². The first kappa shape index (κ1) is 33.0. The number of nitrogens with zero attached hydrogens (tertiary/aromatic N) is 2. The van der Waals surface area contributed by atoms with Crippen LogP contribution in [0.5, 0.6) is 0 Å². The fourth-order valence-corrected chi connectivity index (χ4v) is 9.49. The Morgan fingerprint density at radius 2 is 1.92 bits per heavy atom. The van der Waals surface area contributed by atoms with Gasteiger partial charge in [-0.2, -0.15) is 0 Å². The lowest BCUT2D eigenvalue weighted by Crippen LogP contribution is -2.68. The second-order valence-corrected chi connectivity index (χ2v) is 19.5.